The molecule has 0 spiro atoms. The Balaban J connectivity index is 2.17. The number of amides is 1. The van der Waals surface area contributed by atoms with Crippen molar-refractivity contribution in [2.45, 2.75) is 26.2 Å². The van der Waals surface area contributed by atoms with Crippen molar-refractivity contribution in [2.24, 2.45) is 0 Å². The smallest absolute Gasteiger partial charge is 0.259 e. The molecule has 0 saturated carbocycles. The van der Waals surface area contributed by atoms with Crippen LogP contribution < -0.4 is 5.32 Å². The number of aromatic nitrogens is 2. The van der Waals surface area contributed by atoms with Crippen LogP contribution in [0.15, 0.2) is 18.2 Å². The lowest BCUT2D eigenvalue weighted by atomic mass is 9.98. The van der Waals surface area contributed by atoms with Crippen molar-refractivity contribution >= 4 is 45.6 Å². The summed E-state index contributed by atoms with van der Waals surface area (Å²) in [7, 11) is 0. The molecule has 4 nitrogen and oxygen atoms in total. The number of anilines is 1. The Morgan fingerprint density at radius 2 is 1.95 bits per heavy atom. The fourth-order valence-electron chi connectivity index (χ4n) is 1.41. The van der Waals surface area contributed by atoms with Gasteiger partial charge >= 0.3 is 0 Å². The average molecular weight is 330 g/mol. The number of hydrogen-bond acceptors (Lipinski definition) is 4. The molecule has 1 aromatic heterocycles. The molecule has 7 heteroatoms. The number of hydrogen-bond donors (Lipinski definition) is 1. The normalized spacial score (nSPS) is 11.4. The van der Waals surface area contributed by atoms with E-state index in [-0.39, 0.29) is 11.3 Å². The van der Waals surface area contributed by atoms with Crippen LogP contribution in [0.2, 0.25) is 10.0 Å². The Bertz CT molecular complexity index is 649. The predicted octanol–water partition coefficient (Wildman–Crippen LogP) is 4.39. The quantitative estimate of drug-likeness (QED) is 0.888. The molecule has 2 rings (SSSR count). The largest absolute Gasteiger partial charge is 0.296 e. The molecule has 0 bridgehead atoms. The Morgan fingerprint density at radius 1 is 1.25 bits per heavy atom. The summed E-state index contributed by atoms with van der Waals surface area (Å²) >= 11 is 13.1. The van der Waals surface area contributed by atoms with E-state index in [0.29, 0.717) is 20.7 Å². The Morgan fingerprint density at radius 3 is 2.50 bits per heavy atom. The van der Waals surface area contributed by atoms with E-state index in [1.54, 1.807) is 12.1 Å². The zero-order chi connectivity index (χ0) is 14.9. The van der Waals surface area contributed by atoms with Gasteiger partial charge in [-0.15, -0.1) is 10.2 Å². The van der Waals surface area contributed by atoms with Crippen molar-refractivity contribution in [3.05, 3.63) is 38.8 Å². The fraction of sp³-hybridized carbons (Fsp3) is 0.308. The highest BCUT2D eigenvalue weighted by Gasteiger charge is 2.20. The molecule has 0 saturated heterocycles. The number of nitrogens with one attached hydrogen (secondary N) is 1. The molecule has 1 heterocycles. The van der Waals surface area contributed by atoms with Gasteiger partial charge in [-0.05, 0) is 18.2 Å². The van der Waals surface area contributed by atoms with E-state index in [4.69, 9.17) is 23.2 Å². The molecule has 0 radical (unpaired) electrons. The minimum atomic E-state index is -0.330. The number of halogens is 2. The first-order valence-electron chi connectivity index (χ1n) is 5.88. The van der Waals surface area contributed by atoms with E-state index in [2.05, 4.69) is 15.5 Å². The van der Waals surface area contributed by atoms with E-state index in [9.17, 15) is 4.79 Å². The van der Waals surface area contributed by atoms with Gasteiger partial charge in [0.2, 0.25) is 5.13 Å². The van der Waals surface area contributed by atoms with Crippen molar-refractivity contribution in [1.82, 2.24) is 10.2 Å². The molecule has 106 valence electrons. The number of carbonyl (C=O) groups excluding carboxylic acids is 1. The molecular weight excluding hydrogens is 317 g/mol. The van der Waals surface area contributed by atoms with Gasteiger partial charge in [-0.2, -0.15) is 0 Å². The van der Waals surface area contributed by atoms with Crippen LogP contribution in [0.5, 0.6) is 0 Å². The highest BCUT2D eigenvalue weighted by molar-refractivity contribution is 7.15. The zero-order valence-corrected chi connectivity index (χ0v) is 13.5. The minimum absolute atomic E-state index is 0.0986. The first-order valence-corrected chi connectivity index (χ1v) is 7.45. The highest BCUT2D eigenvalue weighted by atomic mass is 35.5. The maximum absolute atomic E-state index is 12.1. The van der Waals surface area contributed by atoms with Gasteiger partial charge in [0.25, 0.3) is 5.91 Å². The summed E-state index contributed by atoms with van der Waals surface area (Å²) < 4.78 is 0. The van der Waals surface area contributed by atoms with Gasteiger partial charge < -0.3 is 0 Å². The van der Waals surface area contributed by atoms with E-state index in [1.807, 2.05) is 20.8 Å². The second kappa shape index (κ2) is 5.68. The van der Waals surface area contributed by atoms with Crippen LogP contribution in [0.4, 0.5) is 5.13 Å². The first-order chi connectivity index (χ1) is 9.27. The fourth-order valence-corrected chi connectivity index (χ4v) is 2.71. The Hall–Kier alpha value is -1.17. The van der Waals surface area contributed by atoms with Gasteiger partial charge in [0, 0.05) is 10.4 Å². The second-order valence-electron chi connectivity index (χ2n) is 5.24. The highest BCUT2D eigenvalue weighted by Crippen LogP contribution is 2.28. The number of benzene rings is 1. The van der Waals surface area contributed by atoms with E-state index in [1.165, 1.54) is 17.4 Å². The maximum atomic E-state index is 12.1. The number of rotatable bonds is 2. The van der Waals surface area contributed by atoms with E-state index in [0.717, 1.165) is 5.01 Å². The molecule has 2 aromatic rings. The molecule has 1 N–H and O–H groups in total. The van der Waals surface area contributed by atoms with Crippen LogP contribution >= 0.6 is 34.5 Å². The van der Waals surface area contributed by atoms with Crippen LogP contribution in [0.1, 0.15) is 36.1 Å². The van der Waals surface area contributed by atoms with Crippen LogP contribution in [0.25, 0.3) is 0 Å². The van der Waals surface area contributed by atoms with Gasteiger partial charge in [0.15, 0.2) is 0 Å². The number of carbonyl (C=O) groups is 1. The SMILES string of the molecule is CC(C)(C)c1nnc(NC(=O)c2ccc(Cl)cc2Cl)s1. The third-order valence-corrected chi connectivity index (χ3v) is 4.28. The standard InChI is InChI=1S/C13H13Cl2N3OS/c1-13(2,3)11-17-18-12(20-11)16-10(19)8-5-4-7(14)6-9(8)15/h4-6H,1-3H3,(H,16,18,19). The molecule has 0 atom stereocenters. The molecule has 20 heavy (non-hydrogen) atoms. The predicted molar refractivity (Wildman–Crippen MR) is 83.0 cm³/mol. The van der Waals surface area contributed by atoms with Crippen LogP contribution in [0.3, 0.4) is 0 Å². The summed E-state index contributed by atoms with van der Waals surface area (Å²) in [5.41, 5.74) is 0.252. The third kappa shape index (κ3) is 3.48. The molecule has 0 aliphatic heterocycles. The lowest BCUT2D eigenvalue weighted by Crippen LogP contribution is -2.12. The average Bonchev–Trinajstić information content (AvgIpc) is 2.76. The summed E-state index contributed by atoms with van der Waals surface area (Å²) in [6, 6.07) is 4.72. The Labute approximate surface area is 131 Å². The van der Waals surface area contributed by atoms with E-state index >= 15 is 0 Å². The molecule has 0 aliphatic carbocycles. The monoisotopic (exact) mass is 329 g/mol. The van der Waals surface area contributed by atoms with Crippen LogP contribution in [-0.4, -0.2) is 16.1 Å². The van der Waals surface area contributed by atoms with Gasteiger partial charge in [-0.25, -0.2) is 0 Å². The summed E-state index contributed by atoms with van der Waals surface area (Å²) in [6.07, 6.45) is 0. The van der Waals surface area contributed by atoms with Gasteiger partial charge in [-0.3, -0.25) is 10.1 Å². The first kappa shape index (κ1) is 15.2. The lowest BCUT2D eigenvalue weighted by molar-refractivity contribution is 0.102. The molecule has 0 unspecified atom stereocenters. The molecular formula is C13H13Cl2N3OS. The second-order valence-corrected chi connectivity index (χ2v) is 7.06. The summed E-state index contributed by atoms with van der Waals surface area (Å²) in [5, 5.41) is 12.8. The van der Waals surface area contributed by atoms with Crippen LogP contribution in [-0.2, 0) is 5.41 Å². The summed E-state index contributed by atoms with van der Waals surface area (Å²) in [5.74, 6) is -0.330. The molecule has 1 aromatic carbocycles. The van der Waals surface area contributed by atoms with Crippen LogP contribution in [0, 0.1) is 0 Å². The summed E-state index contributed by atoms with van der Waals surface area (Å²) in [4.78, 5) is 12.1. The molecule has 0 fully saturated rings. The summed E-state index contributed by atoms with van der Waals surface area (Å²) in [6.45, 7) is 6.11. The topological polar surface area (TPSA) is 54.9 Å². The van der Waals surface area contributed by atoms with E-state index < -0.39 is 0 Å². The van der Waals surface area contributed by atoms with Crippen molar-refractivity contribution in [2.75, 3.05) is 5.32 Å². The van der Waals surface area contributed by atoms with Crippen molar-refractivity contribution in [3.8, 4) is 0 Å². The molecule has 0 aliphatic rings. The van der Waals surface area contributed by atoms with Crippen molar-refractivity contribution in [1.29, 1.82) is 0 Å². The maximum Gasteiger partial charge on any atom is 0.259 e. The van der Waals surface area contributed by atoms with Gasteiger partial charge in [0.1, 0.15) is 5.01 Å². The lowest BCUT2D eigenvalue weighted by Gasteiger charge is -2.12. The Kier molecular flexibility index (Phi) is 4.32. The van der Waals surface area contributed by atoms with Crippen molar-refractivity contribution in [3.63, 3.8) is 0 Å². The van der Waals surface area contributed by atoms with Gasteiger partial charge in [0.05, 0.1) is 10.6 Å². The molecule has 1 amide bonds. The van der Waals surface area contributed by atoms with Crippen molar-refractivity contribution < 1.29 is 4.79 Å². The minimum Gasteiger partial charge on any atom is -0.296 e. The third-order valence-electron chi connectivity index (χ3n) is 2.46. The zero-order valence-electron chi connectivity index (χ0n) is 11.2. The van der Waals surface area contributed by atoms with Gasteiger partial charge in [-0.1, -0.05) is 55.3 Å². The number of nitrogens with zero attached hydrogens (tertiary/aromatic N) is 2.